The molecule has 1 amide bonds. The lowest BCUT2D eigenvalue weighted by atomic mass is 10.1. The first-order valence-electron chi connectivity index (χ1n) is 8.05. The first-order chi connectivity index (χ1) is 12.4. The predicted octanol–water partition coefficient (Wildman–Crippen LogP) is 5.44. The smallest absolute Gasteiger partial charge is 0.419 e. The molecule has 1 heterocycles. The Kier molecular flexibility index (Phi) is 7.44. The van der Waals surface area contributed by atoms with Crippen LogP contribution in [0.3, 0.4) is 0 Å². The summed E-state index contributed by atoms with van der Waals surface area (Å²) >= 11 is 3.34. The van der Waals surface area contributed by atoms with Gasteiger partial charge in [-0.3, -0.25) is 9.78 Å². The van der Waals surface area contributed by atoms with Crippen LogP contribution in [0.5, 0.6) is 5.75 Å². The molecule has 1 aromatic heterocycles. The van der Waals surface area contributed by atoms with Crippen molar-refractivity contribution in [2.45, 2.75) is 31.9 Å². The molecule has 2 aromatic rings. The first kappa shape index (κ1) is 20.2. The zero-order chi connectivity index (χ0) is 19.0. The van der Waals surface area contributed by atoms with Gasteiger partial charge in [-0.1, -0.05) is 15.9 Å². The number of unbranched alkanes of at least 4 members (excludes halogenated alkanes) is 2. The molecule has 0 spiro atoms. The number of pyridine rings is 1. The van der Waals surface area contributed by atoms with Gasteiger partial charge in [0.05, 0.1) is 17.9 Å². The van der Waals surface area contributed by atoms with Crippen molar-refractivity contribution in [3.8, 4) is 5.75 Å². The number of nitrogens with zero attached hydrogens (tertiary/aromatic N) is 1. The summed E-state index contributed by atoms with van der Waals surface area (Å²) in [7, 11) is 0. The van der Waals surface area contributed by atoms with E-state index in [0.717, 1.165) is 29.1 Å². The second kappa shape index (κ2) is 9.56. The van der Waals surface area contributed by atoms with Crippen LogP contribution < -0.4 is 10.1 Å². The zero-order valence-corrected chi connectivity index (χ0v) is 15.4. The van der Waals surface area contributed by atoms with Gasteiger partial charge in [-0.25, -0.2) is 0 Å². The standard InChI is InChI=1S/C18H18BrF3N2O2/c19-13-5-7-14(8-6-13)26-11-3-1-2-4-17(25)24-16-9-10-23-12-15(16)18(20,21)22/h5-10,12H,1-4,11H2,(H,23,24,25). The molecule has 26 heavy (non-hydrogen) atoms. The molecule has 0 aliphatic rings. The summed E-state index contributed by atoms with van der Waals surface area (Å²) in [5.74, 6) is 0.318. The van der Waals surface area contributed by atoms with Crippen molar-refractivity contribution >= 4 is 27.5 Å². The third-order valence-corrected chi connectivity index (χ3v) is 4.06. The van der Waals surface area contributed by atoms with Crippen LogP contribution in [-0.2, 0) is 11.0 Å². The summed E-state index contributed by atoms with van der Waals surface area (Å²) in [6.45, 7) is 0.520. The first-order valence-corrected chi connectivity index (χ1v) is 8.85. The minimum Gasteiger partial charge on any atom is -0.494 e. The minimum atomic E-state index is -4.55. The molecule has 0 saturated carbocycles. The molecule has 0 unspecified atom stereocenters. The highest BCUT2D eigenvalue weighted by Crippen LogP contribution is 2.34. The number of anilines is 1. The number of hydrogen-bond donors (Lipinski definition) is 1. The Hall–Kier alpha value is -2.09. The Bertz CT molecular complexity index is 721. The fraction of sp³-hybridized carbons (Fsp3) is 0.333. The van der Waals surface area contributed by atoms with E-state index in [1.165, 1.54) is 6.20 Å². The molecule has 0 aliphatic heterocycles. The third-order valence-electron chi connectivity index (χ3n) is 3.53. The molecule has 8 heteroatoms. The second-order valence-electron chi connectivity index (χ2n) is 5.58. The maximum atomic E-state index is 12.8. The van der Waals surface area contributed by atoms with Crippen LogP contribution in [0.1, 0.15) is 31.2 Å². The Balaban J connectivity index is 1.67. The molecule has 140 valence electrons. The summed E-state index contributed by atoms with van der Waals surface area (Å²) in [6, 6.07) is 8.61. The molecule has 1 N–H and O–H groups in total. The number of amides is 1. The maximum Gasteiger partial charge on any atom is 0.419 e. The third kappa shape index (κ3) is 6.67. The maximum absolute atomic E-state index is 12.8. The van der Waals surface area contributed by atoms with Gasteiger partial charge in [0.1, 0.15) is 5.75 Å². The fourth-order valence-corrected chi connectivity index (χ4v) is 2.49. The van der Waals surface area contributed by atoms with Crippen molar-refractivity contribution in [3.63, 3.8) is 0 Å². The van der Waals surface area contributed by atoms with E-state index in [4.69, 9.17) is 4.74 Å². The largest absolute Gasteiger partial charge is 0.494 e. The van der Waals surface area contributed by atoms with Crippen molar-refractivity contribution in [2.75, 3.05) is 11.9 Å². The van der Waals surface area contributed by atoms with Gasteiger partial charge in [-0.15, -0.1) is 0 Å². The van der Waals surface area contributed by atoms with Crippen molar-refractivity contribution in [1.29, 1.82) is 0 Å². The van der Waals surface area contributed by atoms with Crippen molar-refractivity contribution in [3.05, 3.63) is 52.8 Å². The highest BCUT2D eigenvalue weighted by atomic mass is 79.9. The number of hydrogen-bond acceptors (Lipinski definition) is 3. The predicted molar refractivity (Wildman–Crippen MR) is 96.0 cm³/mol. The molecule has 0 bridgehead atoms. The number of benzene rings is 1. The molecule has 2 rings (SSSR count). The number of alkyl halides is 3. The highest BCUT2D eigenvalue weighted by Gasteiger charge is 2.34. The Morgan fingerprint density at radius 2 is 1.85 bits per heavy atom. The average Bonchev–Trinajstić information content (AvgIpc) is 2.59. The quantitative estimate of drug-likeness (QED) is 0.567. The minimum absolute atomic E-state index is 0.151. The van der Waals surface area contributed by atoms with Gasteiger partial charge < -0.3 is 10.1 Å². The van der Waals surface area contributed by atoms with Gasteiger partial charge in [0.25, 0.3) is 0 Å². The lowest BCUT2D eigenvalue weighted by molar-refractivity contribution is -0.137. The number of halogens is 4. The molecule has 0 aliphatic carbocycles. The van der Waals surface area contributed by atoms with Gasteiger partial charge in [-0.2, -0.15) is 13.2 Å². The van der Waals surface area contributed by atoms with Crippen molar-refractivity contribution < 1.29 is 22.7 Å². The number of nitrogens with one attached hydrogen (secondary N) is 1. The molecule has 1 aromatic carbocycles. The van der Waals surface area contributed by atoms with Crippen LogP contribution in [0.25, 0.3) is 0 Å². The molecule has 0 radical (unpaired) electrons. The van der Waals surface area contributed by atoms with E-state index in [2.05, 4.69) is 26.2 Å². The summed E-state index contributed by atoms with van der Waals surface area (Å²) in [5.41, 5.74) is -1.22. The summed E-state index contributed by atoms with van der Waals surface area (Å²) in [4.78, 5) is 15.3. The Morgan fingerprint density at radius 3 is 2.54 bits per heavy atom. The van der Waals surface area contributed by atoms with Gasteiger partial charge in [0.2, 0.25) is 5.91 Å². The number of carbonyl (C=O) groups excluding carboxylic acids is 1. The van der Waals surface area contributed by atoms with E-state index in [0.29, 0.717) is 19.2 Å². The van der Waals surface area contributed by atoms with Crippen LogP contribution in [0.2, 0.25) is 0 Å². The van der Waals surface area contributed by atoms with E-state index in [1.54, 1.807) is 0 Å². The zero-order valence-electron chi connectivity index (χ0n) is 13.9. The monoisotopic (exact) mass is 430 g/mol. The molecule has 4 nitrogen and oxygen atoms in total. The topological polar surface area (TPSA) is 51.2 Å². The Labute approximate surface area is 157 Å². The van der Waals surface area contributed by atoms with E-state index in [1.807, 2.05) is 24.3 Å². The van der Waals surface area contributed by atoms with Gasteiger partial charge in [0, 0.05) is 23.3 Å². The van der Waals surface area contributed by atoms with Gasteiger partial charge in [-0.05, 0) is 49.6 Å². The number of rotatable bonds is 8. The van der Waals surface area contributed by atoms with Crippen LogP contribution in [0.15, 0.2) is 47.2 Å². The number of ether oxygens (including phenoxy) is 1. The Morgan fingerprint density at radius 1 is 1.12 bits per heavy atom. The number of aromatic nitrogens is 1. The summed E-state index contributed by atoms with van der Waals surface area (Å²) in [6.07, 6.45) is -0.417. The lowest BCUT2D eigenvalue weighted by Gasteiger charge is -2.12. The van der Waals surface area contributed by atoms with Crippen LogP contribution in [0, 0.1) is 0 Å². The second-order valence-corrected chi connectivity index (χ2v) is 6.50. The van der Waals surface area contributed by atoms with Crippen molar-refractivity contribution in [1.82, 2.24) is 4.98 Å². The number of carbonyl (C=O) groups is 1. The SMILES string of the molecule is O=C(CCCCCOc1ccc(Br)cc1)Nc1ccncc1C(F)(F)F. The lowest BCUT2D eigenvalue weighted by Crippen LogP contribution is -2.16. The van der Waals surface area contributed by atoms with Gasteiger partial charge in [0.15, 0.2) is 0 Å². The van der Waals surface area contributed by atoms with Crippen molar-refractivity contribution in [2.24, 2.45) is 0 Å². The normalized spacial score (nSPS) is 11.2. The molecule has 0 saturated heterocycles. The summed E-state index contributed by atoms with van der Waals surface area (Å²) < 4.78 is 45.1. The van der Waals surface area contributed by atoms with Gasteiger partial charge >= 0.3 is 6.18 Å². The highest BCUT2D eigenvalue weighted by molar-refractivity contribution is 9.10. The van der Waals surface area contributed by atoms with E-state index >= 15 is 0 Å². The molecule has 0 fully saturated rings. The van der Waals surface area contributed by atoms with E-state index in [-0.39, 0.29) is 12.1 Å². The summed E-state index contributed by atoms with van der Waals surface area (Å²) in [5, 5.41) is 2.30. The van der Waals surface area contributed by atoms with Crippen LogP contribution >= 0.6 is 15.9 Å². The molecule has 0 atom stereocenters. The molecular weight excluding hydrogens is 413 g/mol. The fourth-order valence-electron chi connectivity index (χ4n) is 2.23. The van der Waals surface area contributed by atoms with Crippen LogP contribution in [0.4, 0.5) is 18.9 Å². The molecular formula is C18H18BrF3N2O2. The van der Waals surface area contributed by atoms with E-state index < -0.39 is 17.6 Å². The van der Waals surface area contributed by atoms with Crippen LogP contribution in [-0.4, -0.2) is 17.5 Å². The van der Waals surface area contributed by atoms with E-state index in [9.17, 15) is 18.0 Å². The average molecular weight is 431 g/mol.